The second-order valence-corrected chi connectivity index (χ2v) is 4.69. The molecule has 0 saturated heterocycles. The van der Waals surface area contributed by atoms with Crippen LogP contribution in [0.5, 0.6) is 0 Å². The first-order chi connectivity index (χ1) is 9.24. The van der Waals surface area contributed by atoms with E-state index in [1.165, 1.54) is 0 Å². The molecule has 0 spiro atoms. The summed E-state index contributed by atoms with van der Waals surface area (Å²) in [4.78, 5) is 8.52. The molecule has 0 aliphatic heterocycles. The number of hydrogen-bond donors (Lipinski definition) is 1. The monoisotopic (exact) mass is 253 g/mol. The first-order valence-electron chi connectivity index (χ1n) is 6.26. The molecule has 0 aliphatic rings. The van der Waals surface area contributed by atoms with Crippen LogP contribution in [0.4, 0.5) is 11.5 Å². The third-order valence-corrected chi connectivity index (χ3v) is 2.95. The second-order valence-electron chi connectivity index (χ2n) is 4.69. The molecule has 5 heteroatoms. The molecule has 0 fully saturated rings. The molecule has 0 saturated carbocycles. The summed E-state index contributed by atoms with van der Waals surface area (Å²) in [5, 5.41) is 7.55. The van der Waals surface area contributed by atoms with E-state index in [9.17, 15) is 0 Å². The van der Waals surface area contributed by atoms with Crippen molar-refractivity contribution in [1.82, 2.24) is 19.6 Å². The Morgan fingerprint density at radius 2 is 2.05 bits per heavy atom. The van der Waals surface area contributed by atoms with Crippen LogP contribution in [0.15, 0.2) is 42.9 Å². The number of rotatable bonds is 3. The van der Waals surface area contributed by atoms with Crippen molar-refractivity contribution in [3.05, 3.63) is 48.5 Å². The van der Waals surface area contributed by atoms with Gasteiger partial charge < -0.3 is 5.32 Å². The average Bonchev–Trinajstić information content (AvgIpc) is 2.88. The van der Waals surface area contributed by atoms with Crippen molar-refractivity contribution in [1.29, 1.82) is 0 Å². The summed E-state index contributed by atoms with van der Waals surface area (Å²) in [5.74, 6) is 1.29. The summed E-state index contributed by atoms with van der Waals surface area (Å²) < 4.78 is 1.77. The molecule has 3 aromatic rings. The van der Waals surface area contributed by atoms with Crippen LogP contribution >= 0.6 is 0 Å². The smallest absolute Gasteiger partial charge is 0.157 e. The molecule has 3 aromatic heterocycles. The quantitative estimate of drug-likeness (QED) is 0.779. The van der Waals surface area contributed by atoms with Gasteiger partial charge in [0.15, 0.2) is 5.65 Å². The molecule has 0 aliphatic carbocycles. The fourth-order valence-corrected chi connectivity index (χ4v) is 1.93. The predicted octanol–water partition coefficient (Wildman–Crippen LogP) is 2.99. The minimum Gasteiger partial charge on any atom is -0.340 e. The molecule has 19 heavy (non-hydrogen) atoms. The highest BCUT2D eigenvalue weighted by molar-refractivity contribution is 5.59. The minimum atomic E-state index is 0.406. The molecule has 0 radical (unpaired) electrons. The van der Waals surface area contributed by atoms with Gasteiger partial charge in [-0.05, 0) is 30.2 Å². The predicted molar refractivity (Wildman–Crippen MR) is 74.6 cm³/mol. The van der Waals surface area contributed by atoms with E-state index in [4.69, 9.17) is 0 Å². The molecule has 3 rings (SSSR count). The zero-order valence-corrected chi connectivity index (χ0v) is 10.9. The van der Waals surface area contributed by atoms with E-state index in [-0.39, 0.29) is 0 Å². The maximum Gasteiger partial charge on any atom is 0.157 e. The van der Waals surface area contributed by atoms with E-state index in [0.717, 1.165) is 22.8 Å². The summed E-state index contributed by atoms with van der Waals surface area (Å²) in [7, 11) is 0. The molecular weight excluding hydrogens is 238 g/mol. The van der Waals surface area contributed by atoms with Gasteiger partial charge >= 0.3 is 0 Å². The Bertz CT molecular complexity index is 702. The average molecular weight is 253 g/mol. The van der Waals surface area contributed by atoms with Crippen LogP contribution in [-0.2, 0) is 0 Å². The summed E-state index contributed by atoms with van der Waals surface area (Å²) in [6.07, 6.45) is 3.37. The lowest BCUT2D eigenvalue weighted by Gasteiger charge is -2.10. The van der Waals surface area contributed by atoms with E-state index in [0.29, 0.717) is 5.92 Å². The van der Waals surface area contributed by atoms with Crippen molar-refractivity contribution in [2.24, 2.45) is 0 Å². The van der Waals surface area contributed by atoms with Crippen LogP contribution in [0.1, 0.15) is 25.5 Å². The van der Waals surface area contributed by atoms with Gasteiger partial charge in [-0.15, -0.1) is 0 Å². The van der Waals surface area contributed by atoms with Crippen molar-refractivity contribution < 1.29 is 0 Å². The molecule has 96 valence electrons. The summed E-state index contributed by atoms with van der Waals surface area (Å²) in [6.45, 7) is 4.26. The summed E-state index contributed by atoms with van der Waals surface area (Å²) in [5.41, 5.74) is 2.89. The van der Waals surface area contributed by atoms with Gasteiger partial charge in [-0.2, -0.15) is 9.61 Å². The fourth-order valence-electron chi connectivity index (χ4n) is 1.93. The number of nitrogens with one attached hydrogen (secondary N) is 1. The van der Waals surface area contributed by atoms with Gasteiger partial charge in [-0.3, -0.25) is 4.98 Å². The Hall–Kier alpha value is -2.43. The third kappa shape index (κ3) is 2.27. The zero-order chi connectivity index (χ0) is 13.2. The molecule has 0 bridgehead atoms. The minimum absolute atomic E-state index is 0.406. The van der Waals surface area contributed by atoms with Crippen molar-refractivity contribution >= 4 is 17.2 Å². The first kappa shape index (κ1) is 11.6. The van der Waals surface area contributed by atoms with Gasteiger partial charge in [-0.25, -0.2) is 4.98 Å². The topological polar surface area (TPSA) is 55.1 Å². The van der Waals surface area contributed by atoms with E-state index in [2.05, 4.69) is 40.3 Å². The second kappa shape index (κ2) is 4.68. The van der Waals surface area contributed by atoms with Crippen LogP contribution in [0.25, 0.3) is 5.65 Å². The normalized spacial score (nSPS) is 11.1. The Balaban J connectivity index is 1.97. The van der Waals surface area contributed by atoms with Crippen LogP contribution < -0.4 is 5.32 Å². The molecule has 0 aromatic carbocycles. The molecule has 1 N–H and O–H groups in total. The zero-order valence-electron chi connectivity index (χ0n) is 10.9. The van der Waals surface area contributed by atoms with Crippen molar-refractivity contribution in [2.75, 3.05) is 5.32 Å². The summed E-state index contributed by atoms with van der Waals surface area (Å²) >= 11 is 0. The van der Waals surface area contributed by atoms with Crippen LogP contribution in [0.3, 0.4) is 0 Å². The van der Waals surface area contributed by atoms with Crippen molar-refractivity contribution in [3.8, 4) is 0 Å². The Labute approximate surface area is 111 Å². The summed E-state index contributed by atoms with van der Waals surface area (Å²) in [6, 6.07) is 9.85. The molecule has 5 nitrogen and oxygen atoms in total. The lowest BCUT2D eigenvalue weighted by Crippen LogP contribution is -2.01. The molecule has 3 heterocycles. The fraction of sp³-hybridized carbons (Fsp3) is 0.214. The van der Waals surface area contributed by atoms with Gasteiger partial charge in [0.2, 0.25) is 0 Å². The highest BCUT2D eigenvalue weighted by atomic mass is 15.3. The Morgan fingerprint density at radius 1 is 1.16 bits per heavy atom. The standard InChI is InChI=1S/C14H15N5/c1-10(2)12-8-11(6-7-15-12)18-14-5-3-4-13-16-9-17-19(13)14/h3-10H,1-2H3,(H,15,18). The van der Waals surface area contributed by atoms with Gasteiger partial charge in [0.1, 0.15) is 12.1 Å². The lowest BCUT2D eigenvalue weighted by atomic mass is 10.1. The number of nitrogens with zero attached hydrogens (tertiary/aromatic N) is 4. The third-order valence-electron chi connectivity index (χ3n) is 2.95. The molecular formula is C14H15N5. The molecule has 0 atom stereocenters. The van der Waals surface area contributed by atoms with E-state index in [1.54, 1.807) is 10.8 Å². The maximum atomic E-state index is 4.36. The largest absolute Gasteiger partial charge is 0.340 e. The van der Waals surface area contributed by atoms with Gasteiger partial charge in [0.05, 0.1) is 0 Å². The number of pyridine rings is 2. The van der Waals surface area contributed by atoms with Crippen LogP contribution in [0, 0.1) is 0 Å². The van der Waals surface area contributed by atoms with E-state index >= 15 is 0 Å². The van der Waals surface area contributed by atoms with Crippen LogP contribution in [-0.4, -0.2) is 19.6 Å². The van der Waals surface area contributed by atoms with E-state index < -0.39 is 0 Å². The van der Waals surface area contributed by atoms with Crippen molar-refractivity contribution in [2.45, 2.75) is 19.8 Å². The Kier molecular flexibility index (Phi) is 2.87. The number of anilines is 2. The molecule has 0 amide bonds. The maximum absolute atomic E-state index is 4.36. The highest BCUT2D eigenvalue weighted by Crippen LogP contribution is 2.20. The van der Waals surface area contributed by atoms with Gasteiger partial charge in [0.25, 0.3) is 0 Å². The number of aromatic nitrogens is 4. The highest BCUT2D eigenvalue weighted by Gasteiger charge is 2.05. The van der Waals surface area contributed by atoms with Crippen LogP contribution in [0.2, 0.25) is 0 Å². The SMILES string of the molecule is CC(C)c1cc(Nc2cccc3ncnn23)ccn1. The number of hydrogen-bond acceptors (Lipinski definition) is 4. The molecule has 0 unspecified atom stereocenters. The Morgan fingerprint density at radius 3 is 2.89 bits per heavy atom. The van der Waals surface area contributed by atoms with Gasteiger partial charge in [0, 0.05) is 17.6 Å². The lowest BCUT2D eigenvalue weighted by molar-refractivity contribution is 0.823. The van der Waals surface area contributed by atoms with Gasteiger partial charge in [-0.1, -0.05) is 19.9 Å². The van der Waals surface area contributed by atoms with Crippen molar-refractivity contribution in [3.63, 3.8) is 0 Å². The first-order valence-corrected chi connectivity index (χ1v) is 6.26. The number of fused-ring (bicyclic) bond motifs is 1. The van der Waals surface area contributed by atoms with E-state index in [1.807, 2.05) is 30.5 Å².